The minimum absolute atomic E-state index is 0.204. The number of para-hydroxylation sites is 2. The van der Waals surface area contributed by atoms with Gasteiger partial charge in [-0.1, -0.05) is 54.1 Å². The van der Waals surface area contributed by atoms with E-state index in [-0.39, 0.29) is 6.71 Å². The van der Waals surface area contributed by atoms with E-state index in [1.807, 2.05) is 0 Å². The number of aryl methyl sites for hydroxylation is 1. The molecular formula is C25H16BNO. The van der Waals surface area contributed by atoms with Crippen LogP contribution >= 0.6 is 0 Å². The number of benzene rings is 4. The highest BCUT2D eigenvalue weighted by atomic mass is 16.5. The number of hydrogen-bond acceptors (Lipinski definition) is 1. The molecule has 3 heterocycles. The Bertz CT molecular complexity index is 1460. The third kappa shape index (κ3) is 1.61. The van der Waals surface area contributed by atoms with Crippen molar-refractivity contribution >= 4 is 44.9 Å². The van der Waals surface area contributed by atoms with Gasteiger partial charge in [-0.15, -0.1) is 0 Å². The van der Waals surface area contributed by atoms with Gasteiger partial charge in [-0.05, 0) is 53.6 Å². The van der Waals surface area contributed by atoms with Crippen LogP contribution in [-0.2, 0) is 0 Å². The molecule has 0 radical (unpaired) electrons. The first-order valence-electron chi connectivity index (χ1n) is 9.75. The zero-order valence-electron chi connectivity index (χ0n) is 15.4. The maximum atomic E-state index is 6.37. The quantitative estimate of drug-likeness (QED) is 0.374. The highest BCUT2D eigenvalue weighted by molar-refractivity contribution is 6.99. The van der Waals surface area contributed by atoms with Gasteiger partial charge in [-0.3, -0.25) is 0 Å². The molecule has 4 aromatic carbocycles. The van der Waals surface area contributed by atoms with Gasteiger partial charge in [-0.2, -0.15) is 0 Å². The van der Waals surface area contributed by atoms with Crippen LogP contribution in [0.25, 0.3) is 27.5 Å². The number of ether oxygens (including phenoxy) is 1. The van der Waals surface area contributed by atoms with E-state index in [0.29, 0.717) is 0 Å². The van der Waals surface area contributed by atoms with Crippen molar-refractivity contribution in [2.75, 3.05) is 0 Å². The largest absolute Gasteiger partial charge is 0.458 e. The molecule has 0 unspecified atom stereocenters. The lowest BCUT2D eigenvalue weighted by molar-refractivity contribution is 0.488. The number of aromatic nitrogens is 1. The van der Waals surface area contributed by atoms with Crippen molar-refractivity contribution in [2.24, 2.45) is 0 Å². The van der Waals surface area contributed by atoms with Crippen LogP contribution in [0.4, 0.5) is 0 Å². The predicted molar refractivity (Wildman–Crippen MR) is 117 cm³/mol. The van der Waals surface area contributed by atoms with Gasteiger partial charge in [0.1, 0.15) is 11.5 Å². The van der Waals surface area contributed by atoms with Crippen LogP contribution in [0.3, 0.4) is 0 Å². The lowest BCUT2D eigenvalue weighted by Crippen LogP contribution is -2.58. The second-order valence-corrected chi connectivity index (χ2v) is 7.86. The second kappa shape index (κ2) is 4.88. The number of rotatable bonds is 0. The summed E-state index contributed by atoms with van der Waals surface area (Å²) in [5.74, 6) is 1.95. The zero-order valence-corrected chi connectivity index (χ0v) is 15.4. The van der Waals surface area contributed by atoms with Crippen LogP contribution in [0.5, 0.6) is 11.5 Å². The monoisotopic (exact) mass is 357 g/mol. The van der Waals surface area contributed by atoms with Crippen LogP contribution in [0.15, 0.2) is 78.9 Å². The van der Waals surface area contributed by atoms with Crippen LogP contribution < -0.4 is 21.1 Å². The van der Waals surface area contributed by atoms with Crippen molar-refractivity contribution < 1.29 is 4.74 Å². The van der Waals surface area contributed by atoms with Gasteiger partial charge in [0.2, 0.25) is 0 Å². The molecule has 3 heteroatoms. The Labute approximate surface area is 163 Å². The standard InChI is InChI=1S/C25H16BNO/c1-15-10-12-21-19(14-15)26-18-7-3-5-9-22(18)28-23-13-11-17-16-6-2-4-8-20(16)27(21)25(17)24(23)26/h2-14H,1H3. The van der Waals surface area contributed by atoms with E-state index in [2.05, 4.69) is 90.4 Å². The van der Waals surface area contributed by atoms with Crippen molar-refractivity contribution in [3.05, 3.63) is 84.4 Å². The first-order chi connectivity index (χ1) is 13.8. The highest BCUT2D eigenvalue weighted by Gasteiger charge is 2.40. The number of nitrogens with zero attached hydrogens (tertiary/aromatic N) is 1. The van der Waals surface area contributed by atoms with Crippen LogP contribution in [0.1, 0.15) is 5.56 Å². The van der Waals surface area contributed by atoms with Gasteiger partial charge in [0, 0.05) is 16.5 Å². The molecule has 0 saturated heterocycles. The van der Waals surface area contributed by atoms with Gasteiger partial charge in [0.25, 0.3) is 6.71 Å². The molecule has 0 N–H and O–H groups in total. The summed E-state index contributed by atoms with van der Waals surface area (Å²) >= 11 is 0. The molecular weight excluding hydrogens is 341 g/mol. The molecule has 7 rings (SSSR count). The maximum absolute atomic E-state index is 6.37. The van der Waals surface area contributed by atoms with E-state index in [1.54, 1.807) is 0 Å². The average Bonchev–Trinajstić information content (AvgIpc) is 3.07. The third-order valence-corrected chi connectivity index (χ3v) is 6.31. The Morgan fingerprint density at radius 2 is 1.61 bits per heavy atom. The molecule has 1 aromatic heterocycles. The van der Waals surface area contributed by atoms with Gasteiger partial charge >= 0.3 is 0 Å². The Balaban J connectivity index is 1.76. The molecule has 0 fully saturated rings. The fourth-order valence-electron chi connectivity index (χ4n) is 5.20. The fraction of sp³-hybridized carbons (Fsp3) is 0.0400. The predicted octanol–water partition coefficient (Wildman–Crippen LogP) is 4.03. The van der Waals surface area contributed by atoms with E-state index in [9.17, 15) is 0 Å². The molecule has 0 saturated carbocycles. The lowest BCUT2D eigenvalue weighted by atomic mass is 9.34. The van der Waals surface area contributed by atoms with Crippen LogP contribution in [0.2, 0.25) is 0 Å². The van der Waals surface area contributed by atoms with Crippen molar-refractivity contribution in [3.63, 3.8) is 0 Å². The molecule has 2 nitrogen and oxygen atoms in total. The summed E-state index contributed by atoms with van der Waals surface area (Å²) in [5.41, 5.74) is 9.03. The third-order valence-electron chi connectivity index (χ3n) is 6.31. The lowest BCUT2D eigenvalue weighted by Gasteiger charge is -2.33. The van der Waals surface area contributed by atoms with Gasteiger partial charge in [0.05, 0.1) is 11.0 Å². The number of fused-ring (bicyclic) bond motifs is 8. The summed E-state index contributed by atoms with van der Waals surface area (Å²) in [4.78, 5) is 0. The Kier molecular flexibility index (Phi) is 2.54. The molecule has 130 valence electrons. The van der Waals surface area contributed by atoms with Gasteiger partial charge in [-0.25, -0.2) is 0 Å². The van der Waals surface area contributed by atoms with Crippen molar-refractivity contribution in [1.29, 1.82) is 0 Å². The summed E-state index contributed by atoms with van der Waals surface area (Å²) < 4.78 is 8.81. The van der Waals surface area contributed by atoms with E-state index < -0.39 is 0 Å². The van der Waals surface area contributed by atoms with Gasteiger partial charge in [0.15, 0.2) is 0 Å². The summed E-state index contributed by atoms with van der Waals surface area (Å²) in [5, 5.41) is 2.60. The summed E-state index contributed by atoms with van der Waals surface area (Å²) in [6, 6.07) is 28.4. The molecule has 0 spiro atoms. The number of hydrogen-bond donors (Lipinski definition) is 0. The first kappa shape index (κ1) is 14.6. The molecule has 0 atom stereocenters. The van der Waals surface area contributed by atoms with Crippen LogP contribution in [-0.4, -0.2) is 11.3 Å². The summed E-state index contributed by atoms with van der Waals surface area (Å²) in [7, 11) is 0. The van der Waals surface area contributed by atoms with Crippen molar-refractivity contribution in [1.82, 2.24) is 4.57 Å². The van der Waals surface area contributed by atoms with Crippen LogP contribution in [0, 0.1) is 6.92 Å². The van der Waals surface area contributed by atoms with Crippen molar-refractivity contribution in [2.45, 2.75) is 6.92 Å². The molecule has 2 aliphatic rings. The van der Waals surface area contributed by atoms with E-state index in [1.165, 1.54) is 49.4 Å². The normalized spacial score (nSPS) is 13.4. The van der Waals surface area contributed by atoms with E-state index >= 15 is 0 Å². The molecule has 5 aromatic rings. The molecule has 0 bridgehead atoms. The smallest absolute Gasteiger partial charge is 0.256 e. The Morgan fingerprint density at radius 3 is 2.57 bits per heavy atom. The maximum Gasteiger partial charge on any atom is 0.256 e. The molecule has 28 heavy (non-hydrogen) atoms. The zero-order chi connectivity index (χ0) is 18.4. The minimum atomic E-state index is 0.204. The minimum Gasteiger partial charge on any atom is -0.458 e. The first-order valence-corrected chi connectivity index (χ1v) is 9.75. The van der Waals surface area contributed by atoms with E-state index in [4.69, 9.17) is 4.74 Å². The van der Waals surface area contributed by atoms with Gasteiger partial charge < -0.3 is 9.30 Å². The second-order valence-electron chi connectivity index (χ2n) is 7.86. The Morgan fingerprint density at radius 1 is 0.750 bits per heavy atom. The molecule has 0 amide bonds. The molecule has 0 aliphatic carbocycles. The topological polar surface area (TPSA) is 14.2 Å². The SMILES string of the molecule is Cc1ccc2c(c1)B1c3ccccc3Oc3ccc4c5ccccc5n-2c4c31. The Hall–Kier alpha value is -3.46. The van der Waals surface area contributed by atoms with Crippen molar-refractivity contribution in [3.8, 4) is 17.2 Å². The summed E-state index contributed by atoms with van der Waals surface area (Å²) in [6.07, 6.45) is 0. The fourth-order valence-corrected chi connectivity index (χ4v) is 5.20. The highest BCUT2D eigenvalue weighted by Crippen LogP contribution is 2.38. The summed E-state index contributed by atoms with van der Waals surface area (Å²) in [6.45, 7) is 2.38. The average molecular weight is 357 g/mol. The van der Waals surface area contributed by atoms with E-state index in [0.717, 1.165) is 11.5 Å². The molecule has 2 aliphatic heterocycles.